The number of aliphatic hydroxyl groups excluding tert-OH is 1. The minimum absolute atomic E-state index is 0.122. The number of halogens is 1. The fourth-order valence-electron chi connectivity index (χ4n) is 3.49. The zero-order valence-electron chi connectivity index (χ0n) is 20.2. The van der Waals surface area contributed by atoms with Crippen LogP contribution in [0.25, 0.3) is 0 Å². The van der Waals surface area contributed by atoms with Gasteiger partial charge in [-0.05, 0) is 85.5 Å². The van der Waals surface area contributed by atoms with Crippen molar-refractivity contribution in [1.82, 2.24) is 5.32 Å². The van der Waals surface area contributed by atoms with E-state index in [1.54, 1.807) is 49.4 Å². The molecule has 1 atom stereocenters. The van der Waals surface area contributed by atoms with Crippen LogP contribution in [-0.4, -0.2) is 32.6 Å². The van der Waals surface area contributed by atoms with Crippen LogP contribution in [0.15, 0.2) is 76.5 Å². The number of rotatable bonds is 12. The van der Waals surface area contributed by atoms with Gasteiger partial charge in [0, 0.05) is 18.0 Å². The summed E-state index contributed by atoms with van der Waals surface area (Å²) < 4.78 is 26.2. The van der Waals surface area contributed by atoms with Crippen LogP contribution < -0.4 is 10.2 Å². The molecule has 0 unspecified atom stereocenters. The first kappa shape index (κ1) is 27.7. The second-order valence-corrected chi connectivity index (χ2v) is 10.8. The first-order valence-corrected chi connectivity index (χ1v) is 13.5. The number of hydrogen-bond acceptors (Lipinski definition) is 7. The van der Waals surface area contributed by atoms with Gasteiger partial charge in [0.05, 0.1) is 15.9 Å². The lowest BCUT2D eigenvalue weighted by atomic mass is 10.1. The Bertz CT molecular complexity index is 1280. The molecule has 0 aliphatic heterocycles. The van der Waals surface area contributed by atoms with E-state index >= 15 is 0 Å². The zero-order valence-corrected chi connectivity index (χ0v) is 21.8. The minimum Gasteiger partial charge on any atom is -0.387 e. The van der Waals surface area contributed by atoms with E-state index in [0.717, 1.165) is 11.1 Å². The van der Waals surface area contributed by atoms with Crippen LogP contribution in [0, 0.1) is 6.92 Å². The lowest BCUT2D eigenvalue weighted by molar-refractivity contribution is -0.214. The summed E-state index contributed by atoms with van der Waals surface area (Å²) >= 11 is 5.97. The summed E-state index contributed by atoms with van der Waals surface area (Å²) in [6.07, 6.45) is 0.883. The first-order valence-electron chi connectivity index (χ1n) is 11.7. The number of hydrogen-bond donors (Lipinski definition) is 2. The van der Waals surface area contributed by atoms with Gasteiger partial charge in [-0.25, -0.2) is 13.2 Å². The summed E-state index contributed by atoms with van der Waals surface area (Å²) in [5, 5.41) is 14.1. The standard InChI is InChI=1S/C27H30ClNO6S/c1-3-5-27(31)35-34-26-13-12-24(16-19(26)2)36(32,33)23-10-8-20(9-11-23)14-15-29-18-25(30)21-6-4-7-22(28)17-21/h4,6-13,16-17,25,29-30H,3,5,14-15,18H2,1-2H3/t25-/m0/s1. The molecule has 0 aliphatic carbocycles. The summed E-state index contributed by atoms with van der Waals surface area (Å²) in [7, 11) is -3.73. The Morgan fingerprint density at radius 3 is 2.44 bits per heavy atom. The second kappa shape index (κ2) is 12.9. The van der Waals surface area contributed by atoms with Crippen LogP contribution >= 0.6 is 11.6 Å². The highest BCUT2D eigenvalue weighted by Gasteiger charge is 2.19. The summed E-state index contributed by atoms with van der Waals surface area (Å²) in [6, 6.07) is 18.2. The molecule has 0 aliphatic rings. The number of carbonyl (C=O) groups excluding carboxylic acids is 1. The highest BCUT2D eigenvalue weighted by Crippen LogP contribution is 2.27. The highest BCUT2D eigenvalue weighted by molar-refractivity contribution is 7.91. The monoisotopic (exact) mass is 531 g/mol. The summed E-state index contributed by atoms with van der Waals surface area (Å²) in [5.41, 5.74) is 2.24. The molecule has 0 fully saturated rings. The van der Waals surface area contributed by atoms with Crippen molar-refractivity contribution < 1.29 is 28.1 Å². The van der Waals surface area contributed by atoms with E-state index in [1.165, 1.54) is 18.2 Å². The fourth-order valence-corrected chi connectivity index (χ4v) is 5.04. The predicted molar refractivity (Wildman–Crippen MR) is 138 cm³/mol. The van der Waals surface area contributed by atoms with Gasteiger partial charge < -0.3 is 10.4 Å². The average molecular weight is 532 g/mol. The normalized spacial score (nSPS) is 12.2. The van der Waals surface area contributed by atoms with E-state index in [1.807, 2.05) is 13.0 Å². The molecule has 3 aromatic rings. The highest BCUT2D eigenvalue weighted by atomic mass is 35.5. The molecule has 0 radical (unpaired) electrons. The van der Waals surface area contributed by atoms with Gasteiger partial charge in [-0.15, -0.1) is 0 Å². The van der Waals surface area contributed by atoms with Crippen molar-refractivity contribution in [3.63, 3.8) is 0 Å². The SMILES string of the molecule is CCCC(=O)OOc1ccc(S(=O)(=O)c2ccc(CCNC[C@H](O)c3cccc(Cl)c3)cc2)cc1C. The Labute approximate surface area is 216 Å². The molecule has 0 spiro atoms. The van der Waals surface area contributed by atoms with Gasteiger partial charge in [-0.1, -0.05) is 42.8 Å². The maximum absolute atomic E-state index is 13.1. The molecule has 0 saturated carbocycles. The average Bonchev–Trinajstić information content (AvgIpc) is 2.86. The van der Waals surface area contributed by atoms with Gasteiger partial charge in [0.15, 0.2) is 5.75 Å². The Balaban J connectivity index is 1.55. The molecule has 3 rings (SSSR count). The molecule has 0 aromatic heterocycles. The second-order valence-electron chi connectivity index (χ2n) is 8.39. The molecule has 0 bridgehead atoms. The van der Waals surface area contributed by atoms with Crippen molar-refractivity contribution >= 4 is 27.4 Å². The molecule has 0 saturated heterocycles. The largest absolute Gasteiger partial charge is 0.387 e. The van der Waals surface area contributed by atoms with E-state index in [-0.39, 0.29) is 22.0 Å². The Kier molecular flexibility index (Phi) is 9.89. The number of sulfone groups is 1. The molecule has 192 valence electrons. The van der Waals surface area contributed by atoms with E-state index in [4.69, 9.17) is 21.4 Å². The van der Waals surface area contributed by atoms with Crippen molar-refractivity contribution in [3.8, 4) is 5.75 Å². The van der Waals surface area contributed by atoms with Crippen LogP contribution in [-0.2, 0) is 25.9 Å². The maximum Gasteiger partial charge on any atom is 0.355 e. The first-order chi connectivity index (χ1) is 17.2. The predicted octanol–water partition coefficient (Wildman–Crippen LogP) is 4.98. The van der Waals surface area contributed by atoms with Crippen LogP contribution in [0.2, 0.25) is 5.02 Å². The topological polar surface area (TPSA) is 102 Å². The van der Waals surface area contributed by atoms with Crippen LogP contribution in [0.4, 0.5) is 0 Å². The molecule has 0 amide bonds. The molecular formula is C27H30ClNO6S. The Hall–Kier alpha value is -2.91. The van der Waals surface area contributed by atoms with Gasteiger partial charge in [0.2, 0.25) is 9.84 Å². The quantitative estimate of drug-likeness (QED) is 0.193. The van der Waals surface area contributed by atoms with Crippen molar-refractivity contribution in [3.05, 3.63) is 88.4 Å². The number of carbonyl (C=O) groups is 1. The van der Waals surface area contributed by atoms with Gasteiger partial charge >= 0.3 is 5.97 Å². The summed E-state index contributed by atoms with van der Waals surface area (Å²) in [6.45, 7) is 4.53. The number of benzene rings is 3. The van der Waals surface area contributed by atoms with Gasteiger partial charge in [0.1, 0.15) is 0 Å². The van der Waals surface area contributed by atoms with Crippen molar-refractivity contribution in [2.75, 3.05) is 13.1 Å². The molecule has 3 aromatic carbocycles. The molecule has 7 nitrogen and oxygen atoms in total. The Morgan fingerprint density at radius 2 is 1.78 bits per heavy atom. The number of aliphatic hydroxyl groups is 1. The third-order valence-corrected chi connectivity index (χ3v) is 7.53. The van der Waals surface area contributed by atoms with E-state index in [9.17, 15) is 18.3 Å². The lowest BCUT2D eigenvalue weighted by Gasteiger charge is -2.13. The van der Waals surface area contributed by atoms with Gasteiger partial charge in [0.25, 0.3) is 0 Å². The summed E-state index contributed by atoms with van der Waals surface area (Å²) in [5.74, 6) is -0.206. The summed E-state index contributed by atoms with van der Waals surface area (Å²) in [4.78, 5) is 21.6. The molecule has 2 N–H and O–H groups in total. The number of nitrogens with one attached hydrogen (secondary N) is 1. The minimum atomic E-state index is -3.73. The fraction of sp³-hybridized carbons (Fsp3) is 0.296. The van der Waals surface area contributed by atoms with Crippen LogP contribution in [0.3, 0.4) is 0 Å². The molecule has 36 heavy (non-hydrogen) atoms. The maximum atomic E-state index is 13.1. The molecule has 0 heterocycles. The van der Waals surface area contributed by atoms with E-state index < -0.39 is 21.9 Å². The third kappa shape index (κ3) is 7.54. The van der Waals surface area contributed by atoms with E-state index in [2.05, 4.69) is 5.32 Å². The zero-order chi connectivity index (χ0) is 26.1. The van der Waals surface area contributed by atoms with E-state index in [0.29, 0.717) is 36.5 Å². The van der Waals surface area contributed by atoms with Crippen LogP contribution in [0.5, 0.6) is 5.75 Å². The number of aryl methyl sites for hydroxylation is 1. The van der Waals surface area contributed by atoms with Crippen molar-refractivity contribution in [2.24, 2.45) is 0 Å². The Morgan fingerprint density at radius 1 is 1.06 bits per heavy atom. The van der Waals surface area contributed by atoms with Crippen molar-refractivity contribution in [1.29, 1.82) is 0 Å². The molecular weight excluding hydrogens is 502 g/mol. The third-order valence-electron chi connectivity index (χ3n) is 5.53. The van der Waals surface area contributed by atoms with Crippen molar-refractivity contribution in [2.45, 2.75) is 49.0 Å². The lowest BCUT2D eigenvalue weighted by Crippen LogP contribution is -2.23. The van der Waals surface area contributed by atoms with Gasteiger partial charge in [-0.3, -0.25) is 9.78 Å². The molecule has 9 heteroatoms. The van der Waals surface area contributed by atoms with Crippen LogP contribution in [0.1, 0.15) is 42.6 Å². The smallest absolute Gasteiger partial charge is 0.355 e. The van der Waals surface area contributed by atoms with Gasteiger partial charge in [-0.2, -0.15) is 0 Å².